The summed E-state index contributed by atoms with van der Waals surface area (Å²) >= 11 is 1.92. The lowest BCUT2D eigenvalue weighted by molar-refractivity contribution is 0.776. The molecule has 9 aromatic rings. The van der Waals surface area contributed by atoms with Gasteiger partial charge in [-0.1, -0.05) is 146 Å². The normalized spacial score (nSPS) is 15.3. The van der Waals surface area contributed by atoms with Crippen molar-refractivity contribution in [1.82, 2.24) is 9.97 Å². The van der Waals surface area contributed by atoms with Crippen molar-refractivity contribution < 1.29 is 0 Å². The van der Waals surface area contributed by atoms with E-state index in [9.17, 15) is 0 Å². The van der Waals surface area contributed by atoms with E-state index in [1.165, 1.54) is 75.8 Å². The molecule has 2 aliphatic carbocycles. The average Bonchev–Trinajstić information content (AvgIpc) is 3.69. The molecule has 2 heterocycles. The molecule has 0 saturated carbocycles. The van der Waals surface area contributed by atoms with Gasteiger partial charge in [0.05, 0.1) is 5.41 Å². The Hall–Kier alpha value is -6.16. The number of aromatic nitrogens is 2. The summed E-state index contributed by atoms with van der Waals surface area (Å²) in [5.74, 6) is 0.731. The number of rotatable bonds is 2. The number of thiophene rings is 1. The van der Waals surface area contributed by atoms with Crippen molar-refractivity contribution >= 4 is 31.5 Å². The van der Waals surface area contributed by atoms with Crippen LogP contribution in [-0.4, -0.2) is 9.97 Å². The Labute approximate surface area is 294 Å². The molecule has 1 atom stereocenters. The molecule has 50 heavy (non-hydrogen) atoms. The number of hydrogen-bond acceptors (Lipinski definition) is 3. The Morgan fingerprint density at radius 2 is 1.02 bits per heavy atom. The molecule has 1 spiro atoms. The Bertz CT molecular complexity index is 2810. The number of hydrogen-bond donors (Lipinski definition) is 0. The fourth-order valence-corrected chi connectivity index (χ4v) is 10.0. The lowest BCUT2D eigenvalue weighted by atomic mass is 9.65. The third kappa shape index (κ3) is 3.67. The van der Waals surface area contributed by atoms with E-state index in [0.29, 0.717) is 0 Å². The fourth-order valence-electron chi connectivity index (χ4n) is 8.75. The number of benzene rings is 7. The van der Waals surface area contributed by atoms with Crippen LogP contribution in [0, 0.1) is 0 Å². The molecule has 7 aromatic carbocycles. The van der Waals surface area contributed by atoms with E-state index >= 15 is 0 Å². The molecular formula is C47H28N2S. The molecule has 0 bridgehead atoms. The lowest BCUT2D eigenvalue weighted by Gasteiger charge is -2.35. The van der Waals surface area contributed by atoms with Gasteiger partial charge in [-0.3, -0.25) is 0 Å². The molecule has 11 rings (SSSR count). The van der Waals surface area contributed by atoms with Gasteiger partial charge in [0.25, 0.3) is 0 Å². The molecule has 1 unspecified atom stereocenters. The van der Waals surface area contributed by atoms with E-state index in [0.717, 1.165) is 22.5 Å². The highest BCUT2D eigenvalue weighted by molar-refractivity contribution is 7.26. The van der Waals surface area contributed by atoms with Gasteiger partial charge in [-0.2, -0.15) is 0 Å². The van der Waals surface area contributed by atoms with Crippen molar-refractivity contribution in [2.45, 2.75) is 5.41 Å². The highest BCUT2D eigenvalue weighted by atomic mass is 32.1. The minimum atomic E-state index is -0.553. The first-order valence-electron chi connectivity index (χ1n) is 17.1. The maximum Gasteiger partial charge on any atom is 0.159 e. The van der Waals surface area contributed by atoms with Gasteiger partial charge >= 0.3 is 0 Å². The Morgan fingerprint density at radius 3 is 1.80 bits per heavy atom. The predicted octanol–water partition coefficient (Wildman–Crippen LogP) is 12.2. The van der Waals surface area contributed by atoms with Gasteiger partial charge in [-0.15, -0.1) is 11.3 Å². The van der Waals surface area contributed by atoms with Gasteiger partial charge in [0.15, 0.2) is 5.82 Å². The second-order valence-electron chi connectivity index (χ2n) is 13.3. The number of nitrogens with zero attached hydrogens (tertiary/aromatic N) is 2. The Balaban J connectivity index is 1.26. The van der Waals surface area contributed by atoms with Crippen molar-refractivity contribution in [3.63, 3.8) is 0 Å². The standard InChI is InChI=1S/C47H28N2S/c1-2-12-29(13-3-1)46-48-27-31(28-49-46)30-22-23-35-33-15-5-4-14-32(33)34-16-6-9-19-39(34)47(42(35)26-30)40-20-10-7-18-38(40)44-41(47)25-24-37-36-17-8-11-21-43(36)50-45(37)44/h1-28H. The second kappa shape index (κ2) is 10.4. The van der Waals surface area contributed by atoms with E-state index in [1.54, 1.807) is 0 Å². The van der Waals surface area contributed by atoms with E-state index in [1.807, 2.05) is 41.9 Å². The first-order valence-corrected chi connectivity index (χ1v) is 17.9. The van der Waals surface area contributed by atoms with Crippen LogP contribution in [0.2, 0.25) is 0 Å². The van der Waals surface area contributed by atoms with Crippen molar-refractivity contribution in [2.75, 3.05) is 0 Å². The first kappa shape index (κ1) is 27.8. The van der Waals surface area contributed by atoms with Gasteiger partial charge in [0, 0.05) is 49.3 Å². The Kier molecular flexibility index (Phi) is 5.78. The van der Waals surface area contributed by atoms with Crippen LogP contribution in [-0.2, 0) is 5.41 Å². The smallest absolute Gasteiger partial charge is 0.159 e. The summed E-state index contributed by atoms with van der Waals surface area (Å²) in [4.78, 5) is 9.67. The van der Waals surface area contributed by atoms with Crippen LogP contribution in [0.25, 0.3) is 76.1 Å². The monoisotopic (exact) mass is 652 g/mol. The predicted molar refractivity (Wildman–Crippen MR) is 208 cm³/mol. The zero-order chi connectivity index (χ0) is 32.8. The maximum atomic E-state index is 4.83. The van der Waals surface area contributed by atoms with Gasteiger partial charge in [-0.25, -0.2) is 9.97 Å². The van der Waals surface area contributed by atoms with Crippen molar-refractivity contribution in [2.24, 2.45) is 0 Å². The van der Waals surface area contributed by atoms with Crippen LogP contribution >= 0.6 is 11.3 Å². The van der Waals surface area contributed by atoms with Crippen LogP contribution in [0.15, 0.2) is 170 Å². The Morgan fingerprint density at radius 1 is 0.400 bits per heavy atom. The molecule has 2 nitrogen and oxygen atoms in total. The van der Waals surface area contributed by atoms with E-state index in [-0.39, 0.29) is 0 Å². The molecule has 0 fully saturated rings. The molecule has 0 amide bonds. The van der Waals surface area contributed by atoms with Gasteiger partial charge in [0.1, 0.15) is 0 Å². The molecule has 0 aliphatic heterocycles. The van der Waals surface area contributed by atoms with Crippen molar-refractivity contribution in [1.29, 1.82) is 0 Å². The van der Waals surface area contributed by atoms with Crippen LogP contribution in [0.3, 0.4) is 0 Å². The molecular weight excluding hydrogens is 625 g/mol. The summed E-state index contributed by atoms with van der Waals surface area (Å²) in [5, 5.41) is 2.65. The maximum absolute atomic E-state index is 4.83. The molecule has 0 radical (unpaired) electrons. The van der Waals surface area contributed by atoms with E-state index < -0.39 is 5.41 Å². The molecule has 0 N–H and O–H groups in total. The molecule has 2 aliphatic rings. The lowest BCUT2D eigenvalue weighted by Crippen LogP contribution is -2.29. The minimum Gasteiger partial charge on any atom is -0.236 e. The van der Waals surface area contributed by atoms with Crippen LogP contribution < -0.4 is 0 Å². The summed E-state index contributed by atoms with van der Waals surface area (Å²) in [6.07, 6.45) is 3.94. The first-order chi connectivity index (χ1) is 24.8. The summed E-state index contributed by atoms with van der Waals surface area (Å²) in [6.45, 7) is 0. The molecule has 3 heteroatoms. The van der Waals surface area contributed by atoms with Crippen molar-refractivity contribution in [3.05, 3.63) is 192 Å². The average molecular weight is 653 g/mol. The highest BCUT2D eigenvalue weighted by Gasteiger charge is 2.50. The van der Waals surface area contributed by atoms with Gasteiger partial charge in [-0.05, 0) is 67.8 Å². The zero-order valence-electron chi connectivity index (χ0n) is 27.0. The SMILES string of the molecule is c1ccc(-c2ncc(-c3ccc4c(c3)C3(c5ccccc5-c5ccccc5-4)c4ccccc4-c4c3ccc3c4sc4ccccc43)cn2)cc1. The zero-order valence-corrected chi connectivity index (χ0v) is 27.8. The number of fused-ring (bicyclic) bond motifs is 16. The van der Waals surface area contributed by atoms with E-state index in [2.05, 4.69) is 140 Å². The van der Waals surface area contributed by atoms with E-state index in [4.69, 9.17) is 9.97 Å². The fraction of sp³-hybridized carbons (Fsp3) is 0.0213. The third-order valence-electron chi connectivity index (χ3n) is 10.8. The van der Waals surface area contributed by atoms with Crippen molar-refractivity contribution in [3.8, 4) is 55.9 Å². The summed E-state index contributed by atoms with van der Waals surface area (Å²) in [5.41, 5.74) is 15.5. The summed E-state index contributed by atoms with van der Waals surface area (Å²) < 4.78 is 2.68. The van der Waals surface area contributed by atoms with Crippen LogP contribution in [0.5, 0.6) is 0 Å². The van der Waals surface area contributed by atoms with Gasteiger partial charge in [0.2, 0.25) is 0 Å². The molecule has 0 saturated heterocycles. The minimum absolute atomic E-state index is 0.553. The van der Waals surface area contributed by atoms with Crippen LogP contribution in [0.4, 0.5) is 0 Å². The topological polar surface area (TPSA) is 25.8 Å². The van der Waals surface area contributed by atoms with Crippen LogP contribution in [0.1, 0.15) is 22.3 Å². The largest absolute Gasteiger partial charge is 0.236 e. The second-order valence-corrected chi connectivity index (χ2v) is 14.3. The summed E-state index contributed by atoms with van der Waals surface area (Å²) in [7, 11) is 0. The molecule has 2 aromatic heterocycles. The van der Waals surface area contributed by atoms with Gasteiger partial charge < -0.3 is 0 Å². The highest BCUT2D eigenvalue weighted by Crippen LogP contribution is 2.63. The molecule has 232 valence electrons. The third-order valence-corrected chi connectivity index (χ3v) is 12.0. The quantitative estimate of drug-likeness (QED) is 0.186. The summed E-state index contributed by atoms with van der Waals surface area (Å²) in [6, 6.07) is 58.0.